The number of nitrogens with zero attached hydrogens (tertiary/aromatic N) is 2. The summed E-state index contributed by atoms with van der Waals surface area (Å²) in [7, 11) is 2.20. The molecule has 36 heavy (non-hydrogen) atoms. The van der Waals surface area contributed by atoms with E-state index in [1.807, 2.05) is 0 Å². The zero-order valence-electron chi connectivity index (χ0n) is 20.7. The van der Waals surface area contributed by atoms with Crippen LogP contribution in [0.4, 0.5) is 0 Å². The van der Waals surface area contributed by atoms with Gasteiger partial charge in [-0.05, 0) is 40.5 Å². The topological polar surface area (TPSA) is 9.86 Å². The second-order valence-electron chi connectivity index (χ2n) is 10.7. The van der Waals surface area contributed by atoms with Gasteiger partial charge in [-0.25, -0.2) is 0 Å². The van der Waals surface area contributed by atoms with Crippen molar-refractivity contribution in [2.45, 2.75) is 19.3 Å². The monoisotopic (exact) mass is 462 g/mol. The van der Waals surface area contributed by atoms with Crippen LogP contribution >= 0.6 is 0 Å². The summed E-state index contributed by atoms with van der Waals surface area (Å²) in [5.41, 5.74) is 11.8. The fourth-order valence-corrected chi connectivity index (χ4v) is 6.96. The van der Waals surface area contributed by atoms with Crippen molar-refractivity contribution in [3.63, 3.8) is 0 Å². The third-order valence-corrected chi connectivity index (χ3v) is 8.50. The molecule has 0 unspecified atom stereocenters. The van der Waals surface area contributed by atoms with Crippen LogP contribution in [0.5, 0.6) is 0 Å². The number of fused-ring (bicyclic) bond motifs is 10. The van der Waals surface area contributed by atoms with Crippen LogP contribution in [0.25, 0.3) is 60.4 Å². The molecule has 8 rings (SSSR count). The Morgan fingerprint density at radius 3 is 2.00 bits per heavy atom. The maximum Gasteiger partial charge on any atom is 0.0733 e. The highest BCUT2D eigenvalue weighted by atomic mass is 15.0. The number of para-hydroxylation sites is 3. The van der Waals surface area contributed by atoms with E-state index in [2.05, 4.69) is 133 Å². The van der Waals surface area contributed by atoms with E-state index in [-0.39, 0.29) is 5.41 Å². The minimum atomic E-state index is -0.0929. The molecule has 5 aromatic carbocycles. The van der Waals surface area contributed by atoms with E-state index in [0.717, 1.165) is 0 Å². The van der Waals surface area contributed by atoms with Gasteiger partial charge in [0, 0.05) is 39.5 Å². The summed E-state index contributed by atoms with van der Waals surface area (Å²) < 4.78 is 4.90. The molecule has 0 spiro atoms. The summed E-state index contributed by atoms with van der Waals surface area (Å²) >= 11 is 0. The molecule has 0 fully saturated rings. The van der Waals surface area contributed by atoms with Crippen molar-refractivity contribution < 1.29 is 0 Å². The quantitative estimate of drug-likeness (QED) is 0.231. The van der Waals surface area contributed by atoms with Gasteiger partial charge in [-0.2, -0.15) is 0 Å². The molecule has 0 saturated carbocycles. The molecule has 0 amide bonds. The molecule has 0 saturated heterocycles. The van der Waals surface area contributed by atoms with Crippen molar-refractivity contribution in [1.82, 2.24) is 9.13 Å². The summed E-state index contributed by atoms with van der Waals surface area (Å²) in [4.78, 5) is 0. The molecular weight excluding hydrogens is 436 g/mol. The van der Waals surface area contributed by atoms with Crippen molar-refractivity contribution >= 4 is 43.6 Å². The average molecular weight is 463 g/mol. The Kier molecular flexibility index (Phi) is 3.70. The van der Waals surface area contributed by atoms with Gasteiger partial charge < -0.3 is 9.13 Å². The fourth-order valence-electron chi connectivity index (χ4n) is 6.96. The van der Waals surface area contributed by atoms with E-state index in [1.165, 1.54) is 71.6 Å². The van der Waals surface area contributed by atoms with Gasteiger partial charge in [-0.3, -0.25) is 0 Å². The van der Waals surface area contributed by atoms with E-state index in [4.69, 9.17) is 0 Å². The van der Waals surface area contributed by atoms with Gasteiger partial charge in [0.2, 0.25) is 0 Å². The molecule has 7 aromatic rings. The van der Waals surface area contributed by atoms with E-state index < -0.39 is 0 Å². The summed E-state index contributed by atoms with van der Waals surface area (Å²) in [6.07, 6.45) is 0. The highest BCUT2D eigenvalue weighted by Gasteiger charge is 2.38. The SMILES string of the molecule is Cn1c2ccccc2c2cccc(-n3c4ccccc4c4ccc5c(c43)C(C)(C)c3ccccc3-5)c21. The van der Waals surface area contributed by atoms with Crippen LogP contribution in [-0.2, 0) is 12.5 Å². The number of hydrogen-bond acceptors (Lipinski definition) is 0. The van der Waals surface area contributed by atoms with Crippen molar-refractivity contribution in [3.05, 3.63) is 114 Å². The van der Waals surface area contributed by atoms with Gasteiger partial charge >= 0.3 is 0 Å². The molecule has 2 aromatic heterocycles. The first-order valence-corrected chi connectivity index (χ1v) is 12.7. The van der Waals surface area contributed by atoms with Crippen LogP contribution in [0, 0.1) is 0 Å². The summed E-state index contributed by atoms with van der Waals surface area (Å²) in [6, 6.07) is 38.0. The van der Waals surface area contributed by atoms with Gasteiger partial charge in [0.25, 0.3) is 0 Å². The Morgan fingerprint density at radius 1 is 0.528 bits per heavy atom. The van der Waals surface area contributed by atoms with Gasteiger partial charge in [-0.15, -0.1) is 0 Å². The molecule has 0 aliphatic heterocycles. The predicted molar refractivity (Wildman–Crippen MR) is 152 cm³/mol. The highest BCUT2D eigenvalue weighted by molar-refractivity contribution is 6.16. The minimum absolute atomic E-state index is 0.0929. The molecule has 1 aliphatic carbocycles. The normalized spacial score (nSPS) is 14.2. The molecule has 0 N–H and O–H groups in total. The number of aryl methyl sites for hydroxylation is 1. The van der Waals surface area contributed by atoms with Crippen LogP contribution in [0.1, 0.15) is 25.0 Å². The maximum atomic E-state index is 2.54. The van der Waals surface area contributed by atoms with Gasteiger partial charge in [0.05, 0.1) is 22.2 Å². The van der Waals surface area contributed by atoms with Crippen LogP contribution in [-0.4, -0.2) is 9.13 Å². The van der Waals surface area contributed by atoms with Crippen molar-refractivity contribution in [2.24, 2.45) is 7.05 Å². The lowest BCUT2D eigenvalue weighted by atomic mass is 9.81. The minimum Gasteiger partial charge on any atom is -0.342 e. The first-order chi connectivity index (χ1) is 17.6. The van der Waals surface area contributed by atoms with Gasteiger partial charge in [-0.1, -0.05) is 98.8 Å². The molecule has 172 valence electrons. The summed E-state index contributed by atoms with van der Waals surface area (Å²) in [5.74, 6) is 0. The molecule has 1 aliphatic rings. The van der Waals surface area contributed by atoms with E-state index in [1.54, 1.807) is 0 Å². The summed E-state index contributed by atoms with van der Waals surface area (Å²) in [6.45, 7) is 4.77. The van der Waals surface area contributed by atoms with E-state index in [9.17, 15) is 0 Å². The zero-order chi connectivity index (χ0) is 24.2. The molecule has 2 heterocycles. The Hall–Kier alpha value is -4.30. The number of aromatic nitrogens is 2. The number of benzene rings is 5. The molecule has 2 heteroatoms. The lowest BCUT2D eigenvalue weighted by molar-refractivity contribution is 0.664. The van der Waals surface area contributed by atoms with Crippen LogP contribution in [0.3, 0.4) is 0 Å². The maximum absolute atomic E-state index is 2.54. The van der Waals surface area contributed by atoms with Crippen molar-refractivity contribution in [1.29, 1.82) is 0 Å². The lowest BCUT2D eigenvalue weighted by Crippen LogP contribution is -2.16. The number of hydrogen-bond donors (Lipinski definition) is 0. The fraction of sp³-hybridized carbons (Fsp3) is 0.118. The zero-order valence-corrected chi connectivity index (χ0v) is 20.7. The largest absolute Gasteiger partial charge is 0.342 e. The van der Waals surface area contributed by atoms with E-state index >= 15 is 0 Å². The summed E-state index contributed by atoms with van der Waals surface area (Å²) in [5, 5.41) is 5.22. The number of rotatable bonds is 1. The van der Waals surface area contributed by atoms with Gasteiger partial charge in [0.1, 0.15) is 0 Å². The average Bonchev–Trinajstić information content (AvgIpc) is 3.49. The molecular formula is C34H26N2. The van der Waals surface area contributed by atoms with Crippen LogP contribution in [0.2, 0.25) is 0 Å². The smallest absolute Gasteiger partial charge is 0.0733 e. The Labute approximate surface area is 210 Å². The Bertz CT molecular complexity index is 2030. The molecule has 0 bridgehead atoms. The predicted octanol–water partition coefficient (Wildman–Crippen LogP) is 8.73. The van der Waals surface area contributed by atoms with E-state index in [0.29, 0.717) is 0 Å². The third-order valence-electron chi connectivity index (χ3n) is 8.50. The lowest BCUT2D eigenvalue weighted by Gasteiger charge is -2.24. The first-order valence-electron chi connectivity index (χ1n) is 12.7. The molecule has 0 radical (unpaired) electrons. The Balaban J connectivity index is 1.62. The van der Waals surface area contributed by atoms with Crippen molar-refractivity contribution in [3.8, 4) is 16.8 Å². The van der Waals surface area contributed by atoms with Crippen LogP contribution in [0.15, 0.2) is 103 Å². The standard InChI is InChI=1S/C34H26N2/c1-34(2)27-15-7-4-11-21(27)24-19-20-26-23-13-6-9-17-29(23)36(33(26)31(24)34)30-18-10-14-25-22-12-5-8-16-28(22)35(3)32(25)30/h4-20H,1-3H3. The third kappa shape index (κ3) is 2.27. The van der Waals surface area contributed by atoms with Crippen LogP contribution < -0.4 is 0 Å². The molecule has 0 atom stereocenters. The molecule has 2 nitrogen and oxygen atoms in total. The second kappa shape index (κ2) is 6.67. The van der Waals surface area contributed by atoms with Gasteiger partial charge in [0.15, 0.2) is 0 Å². The van der Waals surface area contributed by atoms with Crippen molar-refractivity contribution in [2.75, 3.05) is 0 Å². The highest BCUT2D eigenvalue weighted by Crippen LogP contribution is 2.53. The first kappa shape index (κ1) is 19.9. The second-order valence-corrected chi connectivity index (χ2v) is 10.7. The Morgan fingerprint density at radius 2 is 1.17 bits per heavy atom.